The second-order valence-electron chi connectivity index (χ2n) is 19.2. The first-order valence-electron chi connectivity index (χ1n) is 27.2. The number of carbonyl (C=O) groups excluding carboxylic acids is 2. The number of nitrogens with zero attached hydrogens (tertiary/aromatic N) is 4. The Hall–Kier alpha value is -7.20. The Morgan fingerprint density at radius 3 is 1.26 bits per heavy atom. The van der Waals surface area contributed by atoms with E-state index in [1.807, 2.05) is 0 Å². The fraction of sp³-hybridized carbons (Fsp3) is 0.375. The maximum atomic E-state index is 12.8. The fourth-order valence-corrected chi connectivity index (χ4v) is 10.5. The van der Waals surface area contributed by atoms with Gasteiger partial charge in [-0.2, -0.15) is 0 Å². The van der Waals surface area contributed by atoms with Gasteiger partial charge in [0.1, 0.15) is 62.1 Å². The fourth-order valence-electron chi connectivity index (χ4n) is 10.5. The van der Waals surface area contributed by atoms with Gasteiger partial charge in [-0.1, -0.05) is 61.4 Å². The lowest BCUT2D eigenvalue weighted by atomic mass is 9.91. The summed E-state index contributed by atoms with van der Waals surface area (Å²) in [6, 6.07) is 43.0. The van der Waals surface area contributed by atoms with Crippen LogP contribution in [-0.2, 0) is 19.1 Å². The molecule has 0 radical (unpaired) electrons. The molecular weight excluding hydrogens is 921 g/mol. The third-order valence-corrected chi connectivity index (χ3v) is 14.7. The molecule has 2 heterocycles. The lowest BCUT2D eigenvalue weighted by Gasteiger charge is -2.24. The minimum atomic E-state index is -0.197. The van der Waals surface area contributed by atoms with E-state index in [-0.39, 0.29) is 11.9 Å². The molecule has 4 aromatic rings. The standard InChI is InChI=1S/C64H76N4O6/c1-9-65(10-2)47-29-33-53-57(41-47)73-59-43-49(31-35-55(59)63(53)51-25-21-19-23-45(51)7)67(13-5)37-39-71-61(69)27-17-15-16-18-28-62(70)72-40-38-68(14-6)50-32-36-56-60(44-50)74-58-42-48(66(11-3)12-4)30-34-54(58)64(56)52-26-22-20-24-46(52)8/h19-26,29-36,41-44H,9-18,27-28,37-40H2,1-8H3/q+2. The van der Waals surface area contributed by atoms with Gasteiger partial charge in [-0.15, -0.1) is 0 Å². The first-order valence-corrected chi connectivity index (χ1v) is 27.2. The molecule has 0 atom stereocenters. The summed E-state index contributed by atoms with van der Waals surface area (Å²) < 4.78 is 29.6. The summed E-state index contributed by atoms with van der Waals surface area (Å²) in [5, 5.41) is 4.41. The number of hydrogen-bond donors (Lipinski definition) is 0. The molecule has 386 valence electrons. The molecule has 4 aliphatic rings. The summed E-state index contributed by atoms with van der Waals surface area (Å²) in [6.45, 7) is 24.1. The Balaban J connectivity index is 0.804. The topological polar surface area (TPSA) is 91.4 Å². The van der Waals surface area contributed by atoms with Crippen molar-refractivity contribution in [2.75, 3.05) is 75.4 Å². The largest absolute Gasteiger partial charge is 0.464 e. The summed E-state index contributed by atoms with van der Waals surface area (Å²) in [6.07, 6.45) is 3.82. The SMILES string of the molecule is CCN(CCOC(=O)CCCCCCC(=O)OCCN(CC)c1ccc2c(-c3ccccc3C)c3ccc(=[N+](CC)CC)cc-3oc2c1)c1ccc2c(-c3ccccc3C)c3ccc(=[N+](CC)CC)cc-3oc2c1. The molecule has 0 unspecified atom stereocenters. The van der Waals surface area contributed by atoms with E-state index >= 15 is 0 Å². The van der Waals surface area contributed by atoms with Crippen LogP contribution in [0.15, 0.2) is 130 Å². The quantitative estimate of drug-likeness (QED) is 0.0271. The number of hydrogen-bond acceptors (Lipinski definition) is 8. The normalized spacial score (nSPS) is 11.4. The highest BCUT2D eigenvalue weighted by atomic mass is 16.5. The molecule has 0 saturated carbocycles. The zero-order chi connectivity index (χ0) is 52.1. The molecule has 0 bridgehead atoms. The smallest absolute Gasteiger partial charge is 0.305 e. The lowest BCUT2D eigenvalue weighted by molar-refractivity contribution is -0.144. The highest BCUT2D eigenvalue weighted by Crippen LogP contribution is 2.43. The van der Waals surface area contributed by atoms with Crippen LogP contribution in [-0.4, -0.2) is 77.5 Å². The summed E-state index contributed by atoms with van der Waals surface area (Å²) in [5.41, 5.74) is 13.0. The van der Waals surface area contributed by atoms with Gasteiger partial charge in [0.2, 0.25) is 10.7 Å². The molecular formula is C64H76N4O6+2. The van der Waals surface area contributed by atoms with Crippen LogP contribution in [0.2, 0.25) is 0 Å². The second-order valence-corrected chi connectivity index (χ2v) is 19.2. The van der Waals surface area contributed by atoms with Crippen LogP contribution in [0, 0.1) is 13.8 Å². The zero-order valence-corrected chi connectivity index (χ0v) is 45.1. The number of ether oxygens (including phenoxy) is 2. The van der Waals surface area contributed by atoms with Gasteiger partial charge in [-0.25, -0.2) is 9.15 Å². The number of esters is 2. The molecule has 0 fully saturated rings. The van der Waals surface area contributed by atoms with E-state index in [0.717, 1.165) is 119 Å². The van der Waals surface area contributed by atoms with Crippen LogP contribution in [0.4, 0.5) is 11.4 Å². The molecule has 2 aliphatic carbocycles. The van der Waals surface area contributed by atoms with E-state index in [0.29, 0.717) is 52.0 Å². The Kier molecular flexibility index (Phi) is 18.1. The zero-order valence-electron chi connectivity index (χ0n) is 45.1. The molecule has 10 nitrogen and oxygen atoms in total. The van der Waals surface area contributed by atoms with Gasteiger partial charge in [0.15, 0.2) is 0 Å². The van der Waals surface area contributed by atoms with Gasteiger partial charge in [0.05, 0.1) is 25.2 Å². The van der Waals surface area contributed by atoms with Crippen molar-refractivity contribution in [3.05, 3.63) is 143 Å². The van der Waals surface area contributed by atoms with E-state index in [1.54, 1.807) is 0 Å². The molecule has 0 aromatic heterocycles. The summed E-state index contributed by atoms with van der Waals surface area (Å²) in [7, 11) is 0. The molecule has 74 heavy (non-hydrogen) atoms. The van der Waals surface area contributed by atoms with Gasteiger partial charge in [-0.05, 0) is 127 Å². The predicted octanol–water partition coefficient (Wildman–Crippen LogP) is 12.7. The Morgan fingerprint density at radius 2 is 0.878 bits per heavy atom. The van der Waals surface area contributed by atoms with E-state index < -0.39 is 0 Å². The number of rotatable bonds is 23. The van der Waals surface area contributed by atoms with Crippen molar-refractivity contribution in [2.24, 2.45) is 0 Å². The van der Waals surface area contributed by atoms with Crippen molar-refractivity contribution >= 4 is 45.3 Å². The summed E-state index contributed by atoms with van der Waals surface area (Å²) in [5.74, 6) is 1.31. The number of fused-ring (bicyclic) bond motifs is 4. The van der Waals surface area contributed by atoms with Crippen molar-refractivity contribution in [3.63, 3.8) is 0 Å². The number of unbranched alkanes of at least 4 members (excludes halogenated alkanes) is 3. The number of aryl methyl sites for hydroxylation is 2. The van der Waals surface area contributed by atoms with Crippen LogP contribution in [0.25, 0.3) is 66.8 Å². The van der Waals surface area contributed by atoms with E-state index in [9.17, 15) is 9.59 Å². The lowest BCUT2D eigenvalue weighted by Crippen LogP contribution is -2.29. The van der Waals surface area contributed by atoms with Crippen molar-refractivity contribution in [3.8, 4) is 44.9 Å². The third-order valence-electron chi connectivity index (χ3n) is 14.7. The van der Waals surface area contributed by atoms with Crippen LogP contribution in [0.1, 0.15) is 91.2 Å². The predicted molar refractivity (Wildman–Crippen MR) is 304 cm³/mol. The van der Waals surface area contributed by atoms with Gasteiger partial charge < -0.3 is 28.1 Å². The average Bonchev–Trinajstić information content (AvgIpc) is 3.41. The first-order chi connectivity index (χ1) is 36.1. The van der Waals surface area contributed by atoms with Crippen LogP contribution >= 0.6 is 0 Å². The maximum Gasteiger partial charge on any atom is 0.305 e. The molecule has 8 rings (SSSR count). The van der Waals surface area contributed by atoms with Crippen molar-refractivity contribution in [1.29, 1.82) is 0 Å². The van der Waals surface area contributed by atoms with E-state index in [2.05, 4.69) is 196 Å². The Bertz CT molecular complexity index is 3080. The monoisotopic (exact) mass is 997 g/mol. The maximum absolute atomic E-state index is 12.8. The van der Waals surface area contributed by atoms with E-state index in [4.69, 9.17) is 18.3 Å². The molecule has 10 heteroatoms. The average molecular weight is 997 g/mol. The Labute approximate surface area is 437 Å². The number of carbonyl (C=O) groups is 2. The highest BCUT2D eigenvalue weighted by Gasteiger charge is 2.23. The molecule has 2 aliphatic heterocycles. The molecule has 0 saturated heterocycles. The summed E-state index contributed by atoms with van der Waals surface area (Å²) >= 11 is 0. The molecule has 4 aromatic carbocycles. The minimum absolute atomic E-state index is 0.197. The first kappa shape index (κ1) is 53.1. The van der Waals surface area contributed by atoms with Gasteiger partial charge >= 0.3 is 11.9 Å². The molecule has 0 spiro atoms. The van der Waals surface area contributed by atoms with Crippen molar-refractivity contribution in [2.45, 2.75) is 93.9 Å². The van der Waals surface area contributed by atoms with Crippen molar-refractivity contribution < 1.29 is 27.9 Å². The van der Waals surface area contributed by atoms with Crippen molar-refractivity contribution in [1.82, 2.24) is 9.15 Å². The van der Waals surface area contributed by atoms with E-state index in [1.165, 1.54) is 33.4 Å². The third kappa shape index (κ3) is 12.1. The van der Waals surface area contributed by atoms with Crippen LogP contribution in [0.3, 0.4) is 0 Å². The Morgan fingerprint density at radius 1 is 0.473 bits per heavy atom. The van der Waals surface area contributed by atoms with Gasteiger partial charge in [0.25, 0.3) is 0 Å². The number of benzene rings is 6. The minimum Gasteiger partial charge on any atom is -0.464 e. The second kappa shape index (κ2) is 25.2. The van der Waals surface area contributed by atoms with Crippen LogP contribution in [0.5, 0.6) is 0 Å². The highest BCUT2D eigenvalue weighted by molar-refractivity contribution is 6.04. The summed E-state index contributed by atoms with van der Waals surface area (Å²) in [4.78, 5) is 30.1. The number of likely N-dealkylation sites (N-methyl/N-ethyl adjacent to an activating group) is 2. The van der Waals surface area contributed by atoms with Gasteiger partial charge in [-0.3, -0.25) is 9.59 Å². The molecule has 0 amide bonds. The molecule has 0 N–H and O–H groups in total. The number of anilines is 2. The van der Waals surface area contributed by atoms with Crippen LogP contribution < -0.4 is 29.7 Å². The van der Waals surface area contributed by atoms with Gasteiger partial charge in [0, 0.05) is 94.6 Å².